The van der Waals surface area contributed by atoms with Gasteiger partial charge in [0, 0.05) is 18.5 Å². The van der Waals surface area contributed by atoms with Crippen LogP contribution in [0.15, 0.2) is 48.5 Å². The van der Waals surface area contributed by atoms with E-state index in [4.69, 9.17) is 0 Å². The number of hydrogen-bond acceptors (Lipinski definition) is 3. The molecule has 1 heterocycles. The first-order valence-corrected chi connectivity index (χ1v) is 8.52. The number of nitrogens with one attached hydrogen (secondary N) is 1. The standard InChI is InChI=1S/C21H17FN2O3/c22-16-11-9-15(10-12-16)5-3-13-23-19(25)8-4-14-24-20(26)17-6-1-2-7-18(17)21(24)27/h1-2,6-7,9-12H,4,8,13-14H2,(H,23,25). The Balaban J connectivity index is 1.41. The molecule has 5 nitrogen and oxygen atoms in total. The molecule has 136 valence electrons. The number of hydrogen-bond donors (Lipinski definition) is 1. The maximum Gasteiger partial charge on any atom is 0.261 e. The van der Waals surface area contributed by atoms with Crippen LogP contribution in [-0.4, -0.2) is 35.7 Å². The molecule has 0 atom stereocenters. The molecule has 0 aromatic heterocycles. The molecular weight excluding hydrogens is 347 g/mol. The minimum atomic E-state index is -0.327. The quantitative estimate of drug-likeness (QED) is 0.654. The predicted octanol–water partition coefficient (Wildman–Crippen LogP) is 2.37. The highest BCUT2D eigenvalue weighted by Gasteiger charge is 2.34. The van der Waals surface area contributed by atoms with Crippen molar-refractivity contribution in [1.82, 2.24) is 10.2 Å². The third-order valence-corrected chi connectivity index (χ3v) is 4.11. The highest BCUT2D eigenvalue weighted by Crippen LogP contribution is 2.22. The summed E-state index contributed by atoms with van der Waals surface area (Å²) in [7, 11) is 0. The first-order chi connectivity index (χ1) is 13.1. The molecule has 6 heteroatoms. The van der Waals surface area contributed by atoms with Gasteiger partial charge >= 0.3 is 0 Å². The second-order valence-corrected chi connectivity index (χ2v) is 6.00. The number of rotatable bonds is 5. The Kier molecular flexibility index (Phi) is 5.62. The number of halogens is 1. The van der Waals surface area contributed by atoms with Crippen LogP contribution in [0.4, 0.5) is 4.39 Å². The second kappa shape index (κ2) is 8.28. The first-order valence-electron chi connectivity index (χ1n) is 8.52. The van der Waals surface area contributed by atoms with Crippen LogP contribution < -0.4 is 5.32 Å². The van der Waals surface area contributed by atoms with Crippen LogP contribution in [-0.2, 0) is 4.79 Å². The summed E-state index contributed by atoms with van der Waals surface area (Å²) in [6.45, 7) is 0.365. The van der Waals surface area contributed by atoms with Gasteiger partial charge in [0.05, 0.1) is 17.7 Å². The summed E-state index contributed by atoms with van der Waals surface area (Å²) in [4.78, 5) is 37.4. The number of amides is 3. The summed E-state index contributed by atoms with van der Waals surface area (Å²) in [5.41, 5.74) is 1.47. The lowest BCUT2D eigenvalue weighted by Gasteiger charge is -2.13. The molecule has 3 amide bonds. The zero-order chi connectivity index (χ0) is 19.2. The fourth-order valence-corrected chi connectivity index (χ4v) is 2.75. The van der Waals surface area contributed by atoms with Crippen LogP contribution >= 0.6 is 0 Å². The van der Waals surface area contributed by atoms with E-state index in [2.05, 4.69) is 17.2 Å². The zero-order valence-corrected chi connectivity index (χ0v) is 14.5. The smallest absolute Gasteiger partial charge is 0.261 e. The van der Waals surface area contributed by atoms with Gasteiger partial charge in [0.25, 0.3) is 11.8 Å². The van der Waals surface area contributed by atoms with Gasteiger partial charge in [0.15, 0.2) is 0 Å². The van der Waals surface area contributed by atoms with Gasteiger partial charge in [-0.3, -0.25) is 19.3 Å². The van der Waals surface area contributed by atoms with Crippen molar-refractivity contribution in [2.24, 2.45) is 0 Å². The van der Waals surface area contributed by atoms with Crippen LogP contribution in [0.5, 0.6) is 0 Å². The average molecular weight is 364 g/mol. The highest BCUT2D eigenvalue weighted by atomic mass is 19.1. The van der Waals surface area contributed by atoms with Gasteiger partial charge in [0.1, 0.15) is 5.82 Å². The van der Waals surface area contributed by atoms with E-state index < -0.39 is 0 Å². The van der Waals surface area contributed by atoms with E-state index in [1.807, 2.05) is 0 Å². The lowest BCUT2D eigenvalue weighted by atomic mass is 10.1. The number of imide groups is 1. The van der Waals surface area contributed by atoms with E-state index in [-0.39, 0.29) is 43.0 Å². The molecule has 0 fully saturated rings. The van der Waals surface area contributed by atoms with Gasteiger partial charge in [-0.1, -0.05) is 24.0 Å². The lowest BCUT2D eigenvalue weighted by molar-refractivity contribution is -0.121. The van der Waals surface area contributed by atoms with Crippen molar-refractivity contribution in [2.75, 3.05) is 13.1 Å². The van der Waals surface area contributed by atoms with Crippen molar-refractivity contribution in [3.63, 3.8) is 0 Å². The zero-order valence-electron chi connectivity index (χ0n) is 14.5. The summed E-state index contributed by atoms with van der Waals surface area (Å²) in [6, 6.07) is 12.5. The van der Waals surface area contributed by atoms with Crippen molar-refractivity contribution < 1.29 is 18.8 Å². The summed E-state index contributed by atoms with van der Waals surface area (Å²) < 4.78 is 12.8. The van der Waals surface area contributed by atoms with E-state index >= 15 is 0 Å². The SMILES string of the molecule is O=C(CCCN1C(=O)c2ccccc2C1=O)NCC#Cc1ccc(F)cc1. The molecule has 1 aliphatic heterocycles. The average Bonchev–Trinajstić information content (AvgIpc) is 2.92. The number of benzene rings is 2. The Morgan fingerprint density at radius 1 is 1.00 bits per heavy atom. The minimum Gasteiger partial charge on any atom is -0.345 e. The largest absolute Gasteiger partial charge is 0.345 e. The molecule has 0 aliphatic carbocycles. The van der Waals surface area contributed by atoms with Crippen molar-refractivity contribution in [1.29, 1.82) is 0 Å². The maximum absolute atomic E-state index is 12.8. The van der Waals surface area contributed by atoms with Crippen molar-refractivity contribution in [3.8, 4) is 11.8 Å². The summed E-state index contributed by atoms with van der Waals surface area (Å²) in [5, 5.41) is 2.65. The van der Waals surface area contributed by atoms with E-state index in [1.165, 1.54) is 17.0 Å². The molecule has 0 saturated heterocycles. The molecule has 0 radical (unpaired) electrons. The Morgan fingerprint density at radius 2 is 1.63 bits per heavy atom. The number of carbonyl (C=O) groups excluding carboxylic acids is 3. The fourth-order valence-electron chi connectivity index (χ4n) is 2.75. The molecular formula is C21H17FN2O3. The summed E-state index contributed by atoms with van der Waals surface area (Å²) in [5.74, 6) is 4.44. The van der Waals surface area contributed by atoms with E-state index in [9.17, 15) is 18.8 Å². The summed E-state index contributed by atoms with van der Waals surface area (Å²) in [6.07, 6.45) is 0.564. The van der Waals surface area contributed by atoms with Crippen molar-refractivity contribution in [2.45, 2.75) is 12.8 Å². The highest BCUT2D eigenvalue weighted by molar-refractivity contribution is 6.21. The van der Waals surface area contributed by atoms with E-state index in [0.29, 0.717) is 23.1 Å². The molecule has 0 bridgehead atoms. The third-order valence-electron chi connectivity index (χ3n) is 4.11. The van der Waals surface area contributed by atoms with Crippen LogP contribution in [0.2, 0.25) is 0 Å². The molecule has 0 spiro atoms. The van der Waals surface area contributed by atoms with Crippen LogP contribution in [0.3, 0.4) is 0 Å². The number of carbonyl (C=O) groups is 3. The Labute approximate surface area is 156 Å². The molecule has 0 saturated carbocycles. The predicted molar refractivity (Wildman–Crippen MR) is 97.3 cm³/mol. The third kappa shape index (κ3) is 4.39. The van der Waals surface area contributed by atoms with Crippen molar-refractivity contribution in [3.05, 3.63) is 71.0 Å². The molecule has 27 heavy (non-hydrogen) atoms. The van der Waals surface area contributed by atoms with Crippen LogP contribution in [0.1, 0.15) is 39.1 Å². The maximum atomic E-state index is 12.8. The molecule has 2 aromatic rings. The number of nitrogens with zero attached hydrogens (tertiary/aromatic N) is 1. The first kappa shape index (κ1) is 18.3. The van der Waals surface area contributed by atoms with Gasteiger partial charge in [-0.15, -0.1) is 0 Å². The van der Waals surface area contributed by atoms with Gasteiger partial charge in [-0.25, -0.2) is 4.39 Å². The molecule has 1 aliphatic rings. The van der Waals surface area contributed by atoms with Crippen LogP contribution in [0, 0.1) is 17.7 Å². The normalized spacial score (nSPS) is 12.4. The van der Waals surface area contributed by atoms with Gasteiger partial charge < -0.3 is 5.32 Å². The Morgan fingerprint density at radius 3 is 2.26 bits per heavy atom. The molecule has 3 rings (SSSR count). The second-order valence-electron chi connectivity index (χ2n) is 6.00. The molecule has 0 unspecified atom stereocenters. The van der Waals surface area contributed by atoms with E-state index in [1.54, 1.807) is 36.4 Å². The summed E-state index contributed by atoms with van der Waals surface area (Å²) >= 11 is 0. The van der Waals surface area contributed by atoms with Gasteiger partial charge in [-0.2, -0.15) is 0 Å². The monoisotopic (exact) mass is 364 g/mol. The van der Waals surface area contributed by atoms with E-state index in [0.717, 1.165) is 0 Å². The Hall–Kier alpha value is -3.46. The van der Waals surface area contributed by atoms with Crippen molar-refractivity contribution >= 4 is 17.7 Å². The Bertz CT molecular complexity index is 907. The number of fused-ring (bicyclic) bond motifs is 1. The van der Waals surface area contributed by atoms with Crippen LogP contribution in [0.25, 0.3) is 0 Å². The molecule has 2 aromatic carbocycles. The van der Waals surface area contributed by atoms with Gasteiger partial charge in [-0.05, 0) is 42.8 Å². The lowest BCUT2D eigenvalue weighted by Crippen LogP contribution is -2.32. The van der Waals surface area contributed by atoms with Gasteiger partial charge in [0.2, 0.25) is 5.91 Å². The molecule has 1 N–H and O–H groups in total. The minimum absolute atomic E-state index is 0.170. The fraction of sp³-hybridized carbons (Fsp3) is 0.190. The topological polar surface area (TPSA) is 66.5 Å².